The number of hydrogen-bond donors (Lipinski definition) is 2. The molecule has 1 amide bonds. The molecule has 2 unspecified atom stereocenters. The molecule has 0 aliphatic carbocycles. The summed E-state index contributed by atoms with van der Waals surface area (Å²) in [6.45, 7) is 6.50. The van der Waals surface area contributed by atoms with Crippen molar-refractivity contribution in [2.75, 3.05) is 6.54 Å². The first-order valence-electron chi connectivity index (χ1n) is 5.50. The van der Waals surface area contributed by atoms with Crippen molar-refractivity contribution in [2.24, 2.45) is 17.4 Å². The largest absolute Gasteiger partial charge is 0.368 e. The molecule has 5 heteroatoms. The number of carbonyl (C=O) groups excluding carboxylic acids is 1. The molecule has 0 aliphatic heterocycles. The molecule has 5 nitrogen and oxygen atoms in total. The van der Waals surface area contributed by atoms with E-state index in [1.807, 2.05) is 0 Å². The minimum absolute atomic E-state index is 0.198. The average molecular weight is 224 g/mol. The van der Waals surface area contributed by atoms with Crippen LogP contribution in [-0.4, -0.2) is 22.0 Å². The zero-order valence-corrected chi connectivity index (χ0v) is 10.1. The maximum atomic E-state index is 11.2. The Hall–Kier alpha value is -1.36. The zero-order chi connectivity index (χ0) is 12.3. The molecule has 90 valence electrons. The summed E-state index contributed by atoms with van der Waals surface area (Å²) in [6.07, 6.45) is 3.40. The Kier molecular flexibility index (Phi) is 4.06. The number of nitrogens with zero attached hydrogens (tertiary/aromatic N) is 2. The van der Waals surface area contributed by atoms with Crippen molar-refractivity contribution in [3.63, 3.8) is 0 Å². The minimum atomic E-state index is -0.384. The first kappa shape index (κ1) is 12.7. The standard InChI is InChI=1S/C11H20N4O/c1-7(2)9(4-12)10-5-14-6-15(10)8(3)11(13)16/h5-9H,4,12H2,1-3H3,(H2,13,16). The molecule has 1 aromatic rings. The molecule has 0 radical (unpaired) electrons. The Morgan fingerprint density at radius 3 is 2.56 bits per heavy atom. The van der Waals surface area contributed by atoms with Gasteiger partial charge in [0, 0.05) is 24.4 Å². The van der Waals surface area contributed by atoms with E-state index in [0.29, 0.717) is 12.5 Å². The molecule has 1 rings (SSSR count). The van der Waals surface area contributed by atoms with Gasteiger partial charge >= 0.3 is 0 Å². The normalized spacial score (nSPS) is 15.1. The molecular weight excluding hydrogens is 204 g/mol. The third-order valence-electron chi connectivity index (χ3n) is 2.96. The van der Waals surface area contributed by atoms with E-state index in [9.17, 15) is 4.79 Å². The number of rotatable bonds is 5. The summed E-state index contributed by atoms with van der Waals surface area (Å²) < 4.78 is 1.81. The topological polar surface area (TPSA) is 86.9 Å². The number of aromatic nitrogens is 2. The predicted octanol–water partition coefficient (Wildman–Crippen LogP) is 0.628. The summed E-state index contributed by atoms with van der Waals surface area (Å²) in [7, 11) is 0. The van der Waals surface area contributed by atoms with Crippen LogP contribution in [0.3, 0.4) is 0 Å². The van der Waals surface area contributed by atoms with Gasteiger partial charge in [-0.1, -0.05) is 13.8 Å². The predicted molar refractivity (Wildman–Crippen MR) is 62.8 cm³/mol. The zero-order valence-electron chi connectivity index (χ0n) is 10.1. The molecule has 0 saturated heterocycles. The molecular formula is C11H20N4O. The number of hydrogen-bond acceptors (Lipinski definition) is 3. The highest BCUT2D eigenvalue weighted by Crippen LogP contribution is 2.25. The fourth-order valence-corrected chi connectivity index (χ4v) is 1.80. The van der Waals surface area contributed by atoms with Crippen molar-refractivity contribution in [3.05, 3.63) is 18.2 Å². The Morgan fingerprint density at radius 1 is 1.50 bits per heavy atom. The van der Waals surface area contributed by atoms with Gasteiger partial charge in [0.15, 0.2) is 0 Å². The number of primary amides is 1. The van der Waals surface area contributed by atoms with Gasteiger partial charge in [-0.2, -0.15) is 0 Å². The molecule has 1 aromatic heterocycles. The highest BCUT2D eigenvalue weighted by Gasteiger charge is 2.22. The Labute approximate surface area is 95.8 Å². The van der Waals surface area contributed by atoms with Crippen molar-refractivity contribution in [2.45, 2.75) is 32.7 Å². The van der Waals surface area contributed by atoms with Gasteiger partial charge in [0.1, 0.15) is 6.04 Å². The lowest BCUT2D eigenvalue weighted by Crippen LogP contribution is -2.28. The summed E-state index contributed by atoms with van der Waals surface area (Å²) in [5.74, 6) is 0.239. The number of nitrogens with two attached hydrogens (primary N) is 2. The van der Waals surface area contributed by atoms with E-state index in [1.165, 1.54) is 0 Å². The third-order valence-corrected chi connectivity index (χ3v) is 2.96. The average Bonchev–Trinajstić information content (AvgIpc) is 2.65. The van der Waals surface area contributed by atoms with Crippen molar-refractivity contribution in [1.82, 2.24) is 9.55 Å². The van der Waals surface area contributed by atoms with Gasteiger partial charge in [-0.15, -0.1) is 0 Å². The van der Waals surface area contributed by atoms with Crippen molar-refractivity contribution < 1.29 is 4.79 Å². The van der Waals surface area contributed by atoms with E-state index in [0.717, 1.165) is 5.69 Å². The number of imidazole rings is 1. The summed E-state index contributed by atoms with van der Waals surface area (Å²) >= 11 is 0. The van der Waals surface area contributed by atoms with Gasteiger partial charge < -0.3 is 16.0 Å². The second kappa shape index (κ2) is 5.12. The van der Waals surface area contributed by atoms with E-state index < -0.39 is 0 Å². The number of carbonyl (C=O) groups is 1. The smallest absolute Gasteiger partial charge is 0.240 e. The maximum Gasteiger partial charge on any atom is 0.240 e. The SMILES string of the molecule is CC(C)C(CN)c1cncn1C(C)C(N)=O. The highest BCUT2D eigenvalue weighted by molar-refractivity contribution is 5.78. The second-order valence-corrected chi connectivity index (χ2v) is 4.39. The van der Waals surface area contributed by atoms with Gasteiger partial charge in [0.25, 0.3) is 0 Å². The summed E-state index contributed by atoms with van der Waals surface area (Å²) in [5, 5.41) is 0. The molecule has 2 atom stereocenters. The van der Waals surface area contributed by atoms with Crippen molar-refractivity contribution in [1.29, 1.82) is 0 Å². The van der Waals surface area contributed by atoms with Crippen LogP contribution in [0.25, 0.3) is 0 Å². The third kappa shape index (κ3) is 2.41. The van der Waals surface area contributed by atoms with Crippen LogP contribution in [0.2, 0.25) is 0 Å². The van der Waals surface area contributed by atoms with Crippen molar-refractivity contribution >= 4 is 5.91 Å². The summed E-state index contributed by atoms with van der Waals surface area (Å²) in [6, 6.07) is -0.384. The summed E-state index contributed by atoms with van der Waals surface area (Å²) in [5.41, 5.74) is 12.0. The Bertz CT molecular complexity index is 359. The maximum absolute atomic E-state index is 11.2. The first-order valence-corrected chi connectivity index (χ1v) is 5.50. The van der Waals surface area contributed by atoms with E-state index in [-0.39, 0.29) is 17.9 Å². The fourth-order valence-electron chi connectivity index (χ4n) is 1.80. The van der Waals surface area contributed by atoms with Gasteiger partial charge in [0.2, 0.25) is 5.91 Å². The quantitative estimate of drug-likeness (QED) is 0.769. The molecule has 1 heterocycles. The molecule has 4 N–H and O–H groups in total. The van der Waals surface area contributed by atoms with Crippen LogP contribution in [0.15, 0.2) is 12.5 Å². The fraction of sp³-hybridized carbons (Fsp3) is 0.636. The van der Waals surface area contributed by atoms with Crippen LogP contribution in [0.4, 0.5) is 0 Å². The van der Waals surface area contributed by atoms with Crippen molar-refractivity contribution in [3.8, 4) is 0 Å². The van der Waals surface area contributed by atoms with Crippen LogP contribution in [0.1, 0.15) is 38.4 Å². The van der Waals surface area contributed by atoms with Gasteiger partial charge in [-0.05, 0) is 12.8 Å². The molecule has 0 bridgehead atoms. The lowest BCUT2D eigenvalue weighted by molar-refractivity contribution is -0.120. The van der Waals surface area contributed by atoms with Crippen LogP contribution in [0, 0.1) is 5.92 Å². The minimum Gasteiger partial charge on any atom is -0.368 e. The molecule has 0 aromatic carbocycles. The Morgan fingerprint density at radius 2 is 2.12 bits per heavy atom. The highest BCUT2D eigenvalue weighted by atomic mass is 16.1. The van der Waals surface area contributed by atoms with Crippen LogP contribution in [0.5, 0.6) is 0 Å². The van der Waals surface area contributed by atoms with Crippen LogP contribution >= 0.6 is 0 Å². The van der Waals surface area contributed by atoms with E-state index in [1.54, 1.807) is 24.0 Å². The molecule has 16 heavy (non-hydrogen) atoms. The van der Waals surface area contributed by atoms with E-state index in [4.69, 9.17) is 11.5 Å². The van der Waals surface area contributed by atoms with Gasteiger partial charge in [-0.3, -0.25) is 4.79 Å². The van der Waals surface area contributed by atoms with E-state index in [2.05, 4.69) is 18.8 Å². The Balaban J connectivity index is 3.05. The molecule has 0 fully saturated rings. The number of amides is 1. The second-order valence-electron chi connectivity index (χ2n) is 4.39. The van der Waals surface area contributed by atoms with Crippen LogP contribution in [-0.2, 0) is 4.79 Å². The van der Waals surface area contributed by atoms with E-state index >= 15 is 0 Å². The molecule has 0 saturated carbocycles. The van der Waals surface area contributed by atoms with Crippen LogP contribution < -0.4 is 11.5 Å². The van der Waals surface area contributed by atoms with Gasteiger partial charge in [-0.25, -0.2) is 4.98 Å². The molecule has 0 aliphatic rings. The molecule has 0 spiro atoms. The lowest BCUT2D eigenvalue weighted by atomic mass is 9.92. The van der Waals surface area contributed by atoms with Gasteiger partial charge in [0.05, 0.1) is 6.33 Å². The summed E-state index contributed by atoms with van der Waals surface area (Å²) in [4.78, 5) is 15.2. The monoisotopic (exact) mass is 224 g/mol. The lowest BCUT2D eigenvalue weighted by Gasteiger charge is -2.22. The first-order chi connectivity index (χ1) is 7.49.